The van der Waals surface area contributed by atoms with E-state index in [9.17, 15) is 9.90 Å². The van der Waals surface area contributed by atoms with Gasteiger partial charge in [0, 0.05) is 25.3 Å². The van der Waals surface area contributed by atoms with Gasteiger partial charge in [0.2, 0.25) is 11.8 Å². The molecule has 0 spiro atoms. The first-order chi connectivity index (χ1) is 14.1. The number of hydrogen-bond donors (Lipinski definition) is 2. The van der Waals surface area contributed by atoms with Gasteiger partial charge in [0.1, 0.15) is 5.56 Å². The summed E-state index contributed by atoms with van der Waals surface area (Å²) in [6.45, 7) is 5.29. The van der Waals surface area contributed by atoms with Gasteiger partial charge in [-0.15, -0.1) is 0 Å². The molecule has 4 aliphatic carbocycles. The summed E-state index contributed by atoms with van der Waals surface area (Å²) in [5.74, 6) is 2.06. The average Bonchev–Trinajstić information content (AvgIpc) is 3.11. The van der Waals surface area contributed by atoms with Crippen LogP contribution in [0.25, 0.3) is 0 Å². The molecule has 4 bridgehead atoms. The van der Waals surface area contributed by atoms with Crippen LogP contribution in [-0.4, -0.2) is 65.5 Å². The number of nitrogens with zero attached hydrogens (tertiary/aromatic N) is 3. The van der Waals surface area contributed by atoms with Crippen molar-refractivity contribution in [3.63, 3.8) is 0 Å². The number of aromatic nitrogens is 2. The van der Waals surface area contributed by atoms with Gasteiger partial charge in [-0.1, -0.05) is 6.92 Å². The maximum Gasteiger partial charge on any atom is 0.258 e. The largest absolute Gasteiger partial charge is 0.477 e. The lowest BCUT2D eigenvalue weighted by atomic mass is 9.76. The number of anilines is 1. The molecule has 1 aliphatic heterocycles. The predicted octanol–water partition coefficient (Wildman–Crippen LogP) is 1.38. The molecule has 1 aromatic heterocycles. The fraction of sp³-hybridized carbons (Fsp3) is 0.762. The molecular formula is C21H30N4O4. The van der Waals surface area contributed by atoms with Crippen LogP contribution in [0.2, 0.25) is 0 Å². The molecule has 5 atom stereocenters. The highest BCUT2D eigenvalue weighted by Gasteiger charge is 2.60. The fourth-order valence-electron chi connectivity index (χ4n) is 5.95. The standard InChI is InChI=1S/C21H30N4O4/c1-2-5-29-19-16(12-22-20(24-19)25-3-6-28-7-4-25)18(26)23-17-14-8-13-9-21(27,10-14)11-15(13)17/h12-15,17,27H,2-11H2,1H3,(H,23,26)/t13?,14-,15-,17-,21-/m1/s1. The van der Waals surface area contributed by atoms with E-state index in [2.05, 4.69) is 20.2 Å². The van der Waals surface area contributed by atoms with E-state index in [0.717, 1.165) is 45.2 Å². The monoisotopic (exact) mass is 402 g/mol. The predicted molar refractivity (Wildman–Crippen MR) is 106 cm³/mol. The molecule has 8 heteroatoms. The second-order valence-electron chi connectivity index (χ2n) is 9.09. The van der Waals surface area contributed by atoms with Crippen molar-refractivity contribution < 1.29 is 19.4 Å². The Labute approximate surface area is 171 Å². The van der Waals surface area contributed by atoms with E-state index in [1.807, 2.05) is 6.92 Å². The number of aliphatic hydroxyl groups is 1. The second kappa shape index (κ2) is 7.40. The van der Waals surface area contributed by atoms with E-state index in [1.165, 1.54) is 0 Å². The Hall–Kier alpha value is -1.93. The molecule has 1 amide bonds. The number of hydrogen-bond acceptors (Lipinski definition) is 7. The second-order valence-corrected chi connectivity index (χ2v) is 9.09. The van der Waals surface area contributed by atoms with Crippen LogP contribution in [0.5, 0.6) is 5.88 Å². The van der Waals surface area contributed by atoms with Crippen molar-refractivity contribution in [2.24, 2.45) is 17.8 Å². The minimum atomic E-state index is -0.488. The third-order valence-corrected chi connectivity index (χ3v) is 7.10. The quantitative estimate of drug-likeness (QED) is 0.742. The van der Waals surface area contributed by atoms with Gasteiger partial charge in [-0.05, 0) is 49.9 Å². The molecule has 0 aromatic carbocycles. The molecule has 2 heterocycles. The lowest BCUT2D eigenvalue weighted by molar-refractivity contribution is -0.0192. The van der Waals surface area contributed by atoms with Gasteiger partial charge in [0.25, 0.3) is 5.91 Å². The third kappa shape index (κ3) is 3.46. The number of carbonyl (C=O) groups is 1. The Morgan fingerprint density at radius 2 is 2.14 bits per heavy atom. The lowest BCUT2D eigenvalue weighted by Gasteiger charge is -2.38. The highest BCUT2D eigenvalue weighted by atomic mass is 16.5. The zero-order valence-electron chi connectivity index (χ0n) is 17.0. The van der Waals surface area contributed by atoms with Gasteiger partial charge >= 0.3 is 0 Å². The van der Waals surface area contributed by atoms with Crippen LogP contribution in [0.1, 0.15) is 49.4 Å². The molecule has 2 N–H and O–H groups in total. The highest BCUT2D eigenvalue weighted by Crippen LogP contribution is 2.59. The Morgan fingerprint density at radius 3 is 2.90 bits per heavy atom. The zero-order chi connectivity index (χ0) is 20.0. The molecule has 0 radical (unpaired) electrons. The molecule has 158 valence electrons. The van der Waals surface area contributed by atoms with Crippen molar-refractivity contribution in [2.45, 2.75) is 50.7 Å². The van der Waals surface area contributed by atoms with Gasteiger partial charge in [0.05, 0.1) is 25.4 Å². The zero-order valence-corrected chi connectivity index (χ0v) is 17.0. The van der Waals surface area contributed by atoms with Crippen LogP contribution in [0.15, 0.2) is 6.20 Å². The third-order valence-electron chi connectivity index (χ3n) is 7.10. The van der Waals surface area contributed by atoms with Gasteiger partial charge in [-0.3, -0.25) is 4.79 Å². The lowest BCUT2D eigenvalue weighted by Crippen LogP contribution is -2.48. The summed E-state index contributed by atoms with van der Waals surface area (Å²) >= 11 is 0. The van der Waals surface area contributed by atoms with Crippen molar-refractivity contribution in [1.29, 1.82) is 0 Å². The van der Waals surface area contributed by atoms with E-state index < -0.39 is 5.60 Å². The smallest absolute Gasteiger partial charge is 0.258 e. The summed E-state index contributed by atoms with van der Waals surface area (Å²) < 4.78 is 11.2. The number of amides is 1. The van der Waals surface area contributed by atoms with Crippen molar-refractivity contribution in [1.82, 2.24) is 15.3 Å². The summed E-state index contributed by atoms with van der Waals surface area (Å²) in [4.78, 5) is 24.2. The fourth-order valence-corrected chi connectivity index (χ4v) is 5.95. The van der Waals surface area contributed by atoms with E-state index in [1.54, 1.807) is 6.20 Å². The van der Waals surface area contributed by atoms with Crippen LogP contribution in [-0.2, 0) is 4.74 Å². The van der Waals surface area contributed by atoms with Gasteiger partial charge in [-0.25, -0.2) is 4.98 Å². The van der Waals surface area contributed by atoms with Crippen LogP contribution in [0.4, 0.5) is 5.95 Å². The first kappa shape index (κ1) is 19.1. The number of rotatable bonds is 6. The Balaban J connectivity index is 1.34. The first-order valence-corrected chi connectivity index (χ1v) is 10.9. The van der Waals surface area contributed by atoms with Crippen molar-refractivity contribution in [3.8, 4) is 5.88 Å². The number of carbonyl (C=O) groups excluding carboxylic acids is 1. The van der Waals surface area contributed by atoms with Gasteiger partial charge < -0.3 is 24.8 Å². The van der Waals surface area contributed by atoms with E-state index in [4.69, 9.17) is 9.47 Å². The van der Waals surface area contributed by atoms with Crippen molar-refractivity contribution in [3.05, 3.63) is 11.8 Å². The number of ether oxygens (including phenoxy) is 2. The van der Waals surface area contributed by atoms with Crippen LogP contribution >= 0.6 is 0 Å². The molecule has 5 aliphatic rings. The van der Waals surface area contributed by atoms with Crippen LogP contribution in [0, 0.1) is 17.8 Å². The normalized spacial score (nSPS) is 35.2. The number of morpholine rings is 1. The summed E-state index contributed by atoms with van der Waals surface area (Å²) in [6.07, 6.45) is 6.05. The van der Waals surface area contributed by atoms with Gasteiger partial charge in [0.15, 0.2) is 0 Å². The Kier molecular flexibility index (Phi) is 4.86. The Morgan fingerprint density at radius 1 is 1.34 bits per heavy atom. The maximum absolute atomic E-state index is 13.1. The molecule has 1 saturated heterocycles. The molecule has 8 nitrogen and oxygen atoms in total. The van der Waals surface area contributed by atoms with Crippen molar-refractivity contribution >= 4 is 11.9 Å². The SMILES string of the molecule is CCCOc1nc(N2CCOCC2)ncc1C(=O)N[C@@H]1[C@@H]2CC3C[C@@](O)(C2)C[C@H]31. The Bertz CT molecular complexity index is 780. The van der Waals surface area contributed by atoms with E-state index >= 15 is 0 Å². The molecule has 4 saturated carbocycles. The topological polar surface area (TPSA) is 96.8 Å². The molecule has 1 aromatic rings. The van der Waals surface area contributed by atoms with Gasteiger partial charge in [-0.2, -0.15) is 4.98 Å². The minimum Gasteiger partial charge on any atom is -0.477 e. The first-order valence-electron chi connectivity index (χ1n) is 10.9. The van der Waals surface area contributed by atoms with E-state index in [-0.39, 0.29) is 11.9 Å². The molecule has 29 heavy (non-hydrogen) atoms. The molecule has 5 fully saturated rings. The van der Waals surface area contributed by atoms with Crippen LogP contribution in [0.3, 0.4) is 0 Å². The summed E-state index contributed by atoms with van der Waals surface area (Å²) in [5, 5.41) is 13.9. The summed E-state index contributed by atoms with van der Waals surface area (Å²) in [6, 6.07) is 0.133. The summed E-state index contributed by atoms with van der Waals surface area (Å²) in [5.41, 5.74) is -0.0934. The molecule has 6 rings (SSSR count). The van der Waals surface area contributed by atoms with Crippen LogP contribution < -0.4 is 15.0 Å². The average molecular weight is 402 g/mol. The highest BCUT2D eigenvalue weighted by molar-refractivity contribution is 5.96. The minimum absolute atomic E-state index is 0.133. The summed E-state index contributed by atoms with van der Waals surface area (Å²) in [7, 11) is 0. The van der Waals surface area contributed by atoms with Crippen molar-refractivity contribution in [2.75, 3.05) is 37.8 Å². The number of nitrogens with one attached hydrogen (secondary N) is 1. The maximum atomic E-state index is 13.1. The molecule has 1 unspecified atom stereocenters. The molecular weight excluding hydrogens is 372 g/mol. The van der Waals surface area contributed by atoms with E-state index in [0.29, 0.717) is 55.0 Å².